The van der Waals surface area contributed by atoms with E-state index in [-0.39, 0.29) is 0 Å². The zero-order valence-corrected chi connectivity index (χ0v) is 20.8. The molecular formula is C27H37N7O2. The molecule has 0 atom stereocenters. The number of nitrogens with two attached hydrogens (primary N) is 1. The van der Waals surface area contributed by atoms with E-state index in [0.29, 0.717) is 69.9 Å². The van der Waals surface area contributed by atoms with E-state index in [4.69, 9.17) is 15.2 Å². The first-order valence-electron chi connectivity index (χ1n) is 12.8. The van der Waals surface area contributed by atoms with Crippen molar-refractivity contribution in [1.82, 2.24) is 15.0 Å². The Hall–Kier alpha value is -3.27. The van der Waals surface area contributed by atoms with E-state index in [1.165, 1.54) is 16.7 Å². The Kier molecular flexibility index (Phi) is 10.3. The molecule has 0 spiro atoms. The minimum Gasteiger partial charge on any atom is -0.378 e. The highest BCUT2D eigenvalue weighted by Gasteiger charge is 2.22. The Labute approximate surface area is 213 Å². The highest BCUT2D eigenvalue weighted by atomic mass is 16.5. The fourth-order valence-electron chi connectivity index (χ4n) is 3.72. The van der Waals surface area contributed by atoms with Crippen molar-refractivity contribution in [3.05, 3.63) is 71.3 Å². The van der Waals surface area contributed by atoms with Crippen molar-refractivity contribution in [3.63, 3.8) is 0 Å². The van der Waals surface area contributed by atoms with E-state index in [1.807, 2.05) is 0 Å². The van der Waals surface area contributed by atoms with E-state index in [2.05, 4.69) is 85.5 Å². The molecule has 1 aliphatic carbocycles. The van der Waals surface area contributed by atoms with Crippen LogP contribution in [-0.4, -0.2) is 60.5 Å². The molecule has 192 valence electrons. The molecule has 0 amide bonds. The lowest BCUT2D eigenvalue weighted by Crippen LogP contribution is -2.17. The van der Waals surface area contributed by atoms with Gasteiger partial charge in [-0.05, 0) is 42.4 Å². The van der Waals surface area contributed by atoms with Crippen LogP contribution in [0.3, 0.4) is 0 Å². The fraction of sp³-hybridized carbons (Fsp3) is 0.444. The maximum absolute atomic E-state index is 5.58. The van der Waals surface area contributed by atoms with Crippen LogP contribution in [-0.2, 0) is 28.9 Å². The van der Waals surface area contributed by atoms with Crippen LogP contribution < -0.4 is 21.7 Å². The SMILES string of the molecule is NCCOCCOCCNc1nc(NCc2ccccc2CCc2ccccc2)nc(NC2CC2)n1. The first-order chi connectivity index (χ1) is 17.8. The van der Waals surface area contributed by atoms with E-state index in [1.54, 1.807) is 0 Å². The zero-order valence-electron chi connectivity index (χ0n) is 20.8. The van der Waals surface area contributed by atoms with Crippen molar-refractivity contribution >= 4 is 17.8 Å². The molecule has 1 aromatic heterocycles. The summed E-state index contributed by atoms with van der Waals surface area (Å²) in [6.45, 7) is 3.91. The van der Waals surface area contributed by atoms with Gasteiger partial charge in [0, 0.05) is 25.7 Å². The number of rotatable bonds is 17. The van der Waals surface area contributed by atoms with Crippen LogP contribution in [0.15, 0.2) is 54.6 Å². The summed E-state index contributed by atoms with van der Waals surface area (Å²) in [5.74, 6) is 1.66. The summed E-state index contributed by atoms with van der Waals surface area (Å²) >= 11 is 0. The number of hydrogen-bond donors (Lipinski definition) is 4. The summed E-state index contributed by atoms with van der Waals surface area (Å²) in [6, 6.07) is 19.6. The second kappa shape index (κ2) is 14.3. The van der Waals surface area contributed by atoms with Crippen LogP contribution in [0, 0.1) is 0 Å². The maximum Gasteiger partial charge on any atom is 0.229 e. The Morgan fingerprint density at radius 2 is 1.39 bits per heavy atom. The molecular weight excluding hydrogens is 454 g/mol. The number of aromatic nitrogens is 3. The zero-order chi connectivity index (χ0) is 24.8. The highest BCUT2D eigenvalue weighted by molar-refractivity contribution is 5.44. The van der Waals surface area contributed by atoms with Gasteiger partial charge in [-0.2, -0.15) is 15.0 Å². The summed E-state index contributed by atoms with van der Waals surface area (Å²) in [4.78, 5) is 13.7. The molecule has 9 heteroatoms. The molecule has 0 saturated heterocycles. The molecule has 4 rings (SSSR count). The molecule has 36 heavy (non-hydrogen) atoms. The van der Waals surface area contributed by atoms with Gasteiger partial charge in [-0.3, -0.25) is 0 Å². The first kappa shape index (κ1) is 25.8. The maximum atomic E-state index is 5.58. The topological polar surface area (TPSA) is 119 Å². The number of nitrogens with zero attached hydrogens (tertiary/aromatic N) is 3. The molecule has 0 bridgehead atoms. The van der Waals surface area contributed by atoms with Gasteiger partial charge in [-0.1, -0.05) is 54.6 Å². The number of anilines is 3. The van der Waals surface area contributed by atoms with Gasteiger partial charge in [0.1, 0.15) is 0 Å². The molecule has 3 aromatic rings. The minimum atomic E-state index is 0.448. The van der Waals surface area contributed by atoms with Crippen molar-refractivity contribution in [2.45, 2.75) is 38.3 Å². The lowest BCUT2D eigenvalue weighted by atomic mass is 10.00. The van der Waals surface area contributed by atoms with Crippen LogP contribution in [0.2, 0.25) is 0 Å². The molecule has 1 saturated carbocycles. The second-order valence-corrected chi connectivity index (χ2v) is 8.77. The average Bonchev–Trinajstić information content (AvgIpc) is 3.73. The standard InChI is InChI=1S/C27H37N7O2/c28-14-16-35-18-19-36-17-15-29-25-32-26(34-27(33-25)31-24-12-13-24)30-20-23-9-5-4-8-22(23)11-10-21-6-2-1-3-7-21/h1-9,24H,10-20,28H2,(H3,29,30,31,32,33,34). The van der Waals surface area contributed by atoms with Gasteiger partial charge in [0.2, 0.25) is 17.8 Å². The molecule has 1 heterocycles. The monoisotopic (exact) mass is 491 g/mol. The molecule has 1 aliphatic rings. The summed E-state index contributed by atoms with van der Waals surface area (Å²) in [6.07, 6.45) is 4.28. The quantitative estimate of drug-likeness (QED) is 0.211. The number of ether oxygens (including phenoxy) is 2. The molecule has 9 nitrogen and oxygen atoms in total. The number of nitrogens with one attached hydrogen (secondary N) is 3. The summed E-state index contributed by atoms with van der Waals surface area (Å²) in [7, 11) is 0. The Bertz CT molecular complexity index is 1050. The predicted octanol–water partition coefficient (Wildman–Crippen LogP) is 3.25. The van der Waals surface area contributed by atoms with Gasteiger partial charge in [0.25, 0.3) is 0 Å². The van der Waals surface area contributed by atoms with Crippen LogP contribution in [0.25, 0.3) is 0 Å². The third-order valence-electron chi connectivity index (χ3n) is 5.79. The van der Waals surface area contributed by atoms with Crippen molar-refractivity contribution in [2.75, 3.05) is 55.5 Å². The van der Waals surface area contributed by atoms with Gasteiger partial charge in [0.15, 0.2) is 0 Å². The molecule has 0 radical (unpaired) electrons. The molecule has 1 fully saturated rings. The normalized spacial score (nSPS) is 12.9. The number of aryl methyl sites for hydroxylation is 2. The predicted molar refractivity (Wildman–Crippen MR) is 143 cm³/mol. The van der Waals surface area contributed by atoms with Crippen molar-refractivity contribution in [2.24, 2.45) is 5.73 Å². The van der Waals surface area contributed by atoms with Gasteiger partial charge in [-0.25, -0.2) is 0 Å². The molecule has 0 aliphatic heterocycles. The van der Waals surface area contributed by atoms with Crippen LogP contribution >= 0.6 is 0 Å². The molecule has 0 unspecified atom stereocenters. The highest BCUT2D eigenvalue weighted by Crippen LogP contribution is 2.24. The summed E-state index contributed by atoms with van der Waals surface area (Å²) < 4.78 is 10.9. The van der Waals surface area contributed by atoms with Crippen molar-refractivity contribution in [1.29, 1.82) is 0 Å². The Morgan fingerprint density at radius 3 is 2.14 bits per heavy atom. The van der Waals surface area contributed by atoms with Crippen molar-refractivity contribution < 1.29 is 9.47 Å². The fourth-order valence-corrected chi connectivity index (χ4v) is 3.72. The minimum absolute atomic E-state index is 0.448. The third-order valence-corrected chi connectivity index (χ3v) is 5.79. The average molecular weight is 492 g/mol. The lowest BCUT2D eigenvalue weighted by Gasteiger charge is -2.13. The number of benzene rings is 2. The smallest absolute Gasteiger partial charge is 0.229 e. The third kappa shape index (κ3) is 9.07. The van der Waals surface area contributed by atoms with E-state index in [0.717, 1.165) is 25.7 Å². The Balaban J connectivity index is 1.31. The number of hydrogen-bond acceptors (Lipinski definition) is 9. The van der Waals surface area contributed by atoms with Crippen LogP contribution in [0.4, 0.5) is 17.8 Å². The van der Waals surface area contributed by atoms with E-state index >= 15 is 0 Å². The van der Waals surface area contributed by atoms with Crippen molar-refractivity contribution in [3.8, 4) is 0 Å². The summed E-state index contributed by atoms with van der Waals surface area (Å²) in [5, 5.41) is 10.0. The molecule has 2 aromatic carbocycles. The van der Waals surface area contributed by atoms with Gasteiger partial charge >= 0.3 is 0 Å². The van der Waals surface area contributed by atoms with Gasteiger partial charge in [-0.15, -0.1) is 0 Å². The van der Waals surface area contributed by atoms with Gasteiger partial charge < -0.3 is 31.2 Å². The molecule has 5 N–H and O–H groups in total. The largest absolute Gasteiger partial charge is 0.378 e. The first-order valence-corrected chi connectivity index (χ1v) is 12.8. The van der Waals surface area contributed by atoms with E-state index in [9.17, 15) is 0 Å². The summed E-state index contributed by atoms with van der Waals surface area (Å²) in [5.41, 5.74) is 9.31. The van der Waals surface area contributed by atoms with Crippen LogP contribution in [0.5, 0.6) is 0 Å². The second-order valence-electron chi connectivity index (χ2n) is 8.77. The van der Waals surface area contributed by atoms with Gasteiger partial charge in [0.05, 0.1) is 26.4 Å². The van der Waals surface area contributed by atoms with E-state index < -0.39 is 0 Å². The Morgan fingerprint density at radius 1 is 0.722 bits per heavy atom. The lowest BCUT2D eigenvalue weighted by molar-refractivity contribution is 0.0547. The van der Waals surface area contributed by atoms with Crippen LogP contribution in [0.1, 0.15) is 29.5 Å².